The van der Waals surface area contributed by atoms with Gasteiger partial charge in [0.05, 0.1) is 88.5 Å². The maximum Gasteiger partial charge on any atom is 0.410 e. The van der Waals surface area contributed by atoms with Crippen molar-refractivity contribution in [1.82, 2.24) is 24.5 Å². The fourth-order valence-electron chi connectivity index (χ4n) is 16.2. The normalized spacial score (nSPS) is 21.5. The van der Waals surface area contributed by atoms with Crippen LogP contribution in [0.4, 0.5) is 14.4 Å². The van der Waals surface area contributed by atoms with E-state index in [4.69, 9.17) is 66.6 Å². The van der Waals surface area contributed by atoms with Gasteiger partial charge in [0.2, 0.25) is 11.8 Å². The number of fused-ring (bicyclic) bond motifs is 5. The van der Waals surface area contributed by atoms with Gasteiger partial charge in [-0.05, 0) is 172 Å². The first-order chi connectivity index (χ1) is 60.9. The van der Waals surface area contributed by atoms with Crippen molar-refractivity contribution in [3.05, 3.63) is 147 Å². The van der Waals surface area contributed by atoms with Crippen LogP contribution in [0, 0.1) is 17.8 Å². The Labute approximate surface area is 760 Å². The lowest BCUT2D eigenvalue weighted by atomic mass is 10.1. The molecule has 38 nitrogen and oxygen atoms in total. The van der Waals surface area contributed by atoms with Crippen molar-refractivity contribution in [2.45, 2.75) is 198 Å². The predicted molar refractivity (Wildman–Crippen MR) is 489 cm³/mol. The van der Waals surface area contributed by atoms with Gasteiger partial charge in [0, 0.05) is 83.0 Å². The summed E-state index contributed by atoms with van der Waals surface area (Å²) in [7, 11) is -17.9. The standard InChI is InChI=1S/3C18H25N3O5S.C17H23N3O4S.C16H21N3O4S/c2*1-18(2,3)26-17(22)21-9-5-7-13(21)10-25-14-8-4-6-12-11-27(23,24)20-16(19)15(12)14;1-18(2,3)26-17(22)21-8-7-12(9-21)10-25-14-6-4-5-13-11-27(23,24)20-16(19)15(13)14;1-2-4-15(21)20-8-7-12(9-20)10-24-14-6-3-5-13-11-25(22,23)19-17(18)16(13)14;1-2-14(20)19-7-6-11(8-19)9-23-13-5-3-4-12-10-24(21,22)18-16(17)15(12)13/h2*4,6,8,13H,5,7,9-11H2,1-3H3,(H2,19,20);4-6,12H,7-11H2,1-3H3,(H2,19,20);3,5-6,12H,2,4,7-11H2,1H3,(H2,18,19);3-5,11H,2,6-10H2,1H3,(H2,17,18)/t2*13-;;;/m10.../s1. The van der Waals surface area contributed by atoms with Crippen LogP contribution >= 0.6 is 0 Å². The van der Waals surface area contributed by atoms with E-state index in [1.807, 2.05) is 86.0 Å². The van der Waals surface area contributed by atoms with Crippen LogP contribution in [-0.4, -0.2) is 240 Å². The van der Waals surface area contributed by atoms with E-state index in [1.165, 1.54) is 0 Å². The molecule has 0 radical (unpaired) electrons. The minimum Gasteiger partial charge on any atom is -0.492 e. The third-order valence-electron chi connectivity index (χ3n) is 22.0. The number of rotatable bonds is 18. The molecule has 0 aliphatic carbocycles. The third-order valence-corrected chi connectivity index (χ3v) is 27.8. The molecule has 10 aliphatic heterocycles. The van der Waals surface area contributed by atoms with Crippen LogP contribution < -0.4 is 52.4 Å². The summed E-state index contributed by atoms with van der Waals surface area (Å²) >= 11 is 0. The monoisotopic (exact) mass is 1900 g/mol. The maximum absolute atomic E-state index is 12.4. The molecule has 10 N–H and O–H groups in total. The topological polar surface area (TPSA) is 538 Å². The van der Waals surface area contributed by atoms with E-state index < -0.39 is 66.9 Å². The number of benzene rings is 5. The van der Waals surface area contributed by atoms with Gasteiger partial charge in [-0.15, -0.1) is 22.0 Å². The number of carbonyl (C=O) groups excluding carboxylic acids is 5. The van der Waals surface area contributed by atoms with Crippen molar-refractivity contribution < 1.29 is 104 Å². The Morgan fingerprint density at radius 3 is 0.869 bits per heavy atom. The lowest BCUT2D eigenvalue weighted by Gasteiger charge is -2.29. The molecule has 5 aromatic rings. The summed E-state index contributed by atoms with van der Waals surface area (Å²) in [4.78, 5) is 69.4. The van der Waals surface area contributed by atoms with Gasteiger partial charge in [-0.25, -0.2) is 56.5 Å². The molecule has 5 saturated heterocycles. The highest BCUT2D eigenvalue weighted by molar-refractivity contribution is 7.90. The molecule has 0 saturated carbocycles. The Kier molecular flexibility index (Phi) is 31.5. The second-order valence-corrected chi connectivity index (χ2v) is 44.3. The molecule has 15 rings (SSSR count). The Hall–Kier alpha value is -11.1. The molecule has 10 aliphatic rings. The van der Waals surface area contributed by atoms with Crippen LogP contribution in [-0.2, 0) is 103 Å². The lowest BCUT2D eigenvalue weighted by molar-refractivity contribution is -0.130. The van der Waals surface area contributed by atoms with Gasteiger partial charge in [0.15, 0.2) is 0 Å². The number of carbonyl (C=O) groups is 5. The largest absolute Gasteiger partial charge is 0.492 e. The zero-order valence-corrected chi connectivity index (χ0v) is 79.2. The second-order valence-electron chi connectivity index (χ2n) is 36.1. The van der Waals surface area contributed by atoms with Crippen LogP contribution in [0.1, 0.15) is 196 Å². The molecule has 43 heteroatoms. The molecule has 10 heterocycles. The van der Waals surface area contributed by atoms with Gasteiger partial charge in [-0.2, -0.15) is 0 Å². The summed E-state index contributed by atoms with van der Waals surface area (Å²) in [5.41, 5.74) is 33.2. The van der Waals surface area contributed by atoms with Gasteiger partial charge in [0.25, 0.3) is 50.1 Å². The number of nitrogens with two attached hydrogens (primary N) is 5. The Balaban J connectivity index is 0.000000157. The van der Waals surface area contributed by atoms with Crippen LogP contribution in [0.3, 0.4) is 0 Å². The van der Waals surface area contributed by atoms with E-state index in [9.17, 15) is 66.1 Å². The van der Waals surface area contributed by atoms with Crippen LogP contribution in [0.2, 0.25) is 0 Å². The maximum atomic E-state index is 12.4. The first kappa shape index (κ1) is 99.5. The average Bonchev–Trinajstić information content (AvgIpc) is 1.37. The predicted octanol–water partition coefficient (Wildman–Crippen LogP) is 8.03. The fourth-order valence-corrected chi connectivity index (χ4v) is 21.7. The van der Waals surface area contributed by atoms with Crippen molar-refractivity contribution in [1.29, 1.82) is 0 Å². The van der Waals surface area contributed by atoms with Crippen LogP contribution in [0.15, 0.2) is 113 Å². The van der Waals surface area contributed by atoms with Crippen molar-refractivity contribution in [2.24, 2.45) is 68.4 Å². The molecule has 5 aromatic carbocycles. The molecule has 5 amide bonds. The van der Waals surface area contributed by atoms with E-state index in [1.54, 1.807) is 106 Å². The smallest absolute Gasteiger partial charge is 0.410 e. The number of hydrogen-bond acceptors (Lipinski definition) is 28. The molecule has 5 atom stereocenters. The number of amidine groups is 5. The van der Waals surface area contributed by atoms with Crippen molar-refractivity contribution in [2.75, 3.05) is 85.4 Å². The van der Waals surface area contributed by atoms with E-state index in [-0.39, 0.29) is 131 Å². The highest BCUT2D eigenvalue weighted by atomic mass is 32.2. The minimum absolute atomic E-state index is 0.0250. The Morgan fingerprint density at radius 1 is 0.346 bits per heavy atom. The number of nitrogens with zero attached hydrogens (tertiary/aromatic N) is 10. The molecule has 710 valence electrons. The SMILES string of the molecule is CC(C)(C)OC(=O)N1CCC(COc2cccc3c2C(N)=NS(=O)(=O)C3)C1.CC(C)(C)OC(=O)N1CCC[C@@H]1COc1cccc2c1C(N)=NS(=O)(=O)C2.CC(C)(C)OC(=O)N1CCC[C@H]1COc1cccc2c1C(N)=NS(=O)(=O)C2.CCC(=O)N1CCC(COc2cccc3c2C(N)=NS(=O)(=O)C3)C1.CCCC(=O)N1CCC(COc2cccc3c2C(N)=NS(=O)(=O)C3)C1. The lowest BCUT2D eigenvalue weighted by Crippen LogP contribution is -2.42. The Bertz CT molecular complexity index is 5710. The number of likely N-dealkylation sites (tertiary alicyclic amines) is 5. The average molecular weight is 1900 g/mol. The van der Waals surface area contributed by atoms with E-state index in [2.05, 4.69) is 22.0 Å². The van der Waals surface area contributed by atoms with Crippen molar-refractivity contribution >= 4 is 109 Å². The summed E-state index contributed by atoms with van der Waals surface area (Å²) in [6, 6.07) is 25.8. The van der Waals surface area contributed by atoms with Gasteiger partial charge in [-0.3, -0.25) is 9.59 Å². The van der Waals surface area contributed by atoms with Crippen LogP contribution in [0.25, 0.3) is 0 Å². The zero-order chi connectivity index (χ0) is 94.8. The second kappa shape index (κ2) is 41.2. The van der Waals surface area contributed by atoms with E-state index in [0.29, 0.717) is 156 Å². The summed E-state index contributed by atoms with van der Waals surface area (Å²) < 4.78 is 181. The number of sulfonamides is 5. The van der Waals surface area contributed by atoms with Crippen LogP contribution in [0.5, 0.6) is 28.7 Å². The third kappa shape index (κ3) is 27.1. The van der Waals surface area contributed by atoms with Gasteiger partial charge in [-0.1, -0.05) is 74.5 Å². The fraction of sp³-hybridized carbons (Fsp3) is 0.540. The molecule has 0 aromatic heterocycles. The van der Waals surface area contributed by atoms with Gasteiger partial charge >= 0.3 is 18.3 Å². The quantitative estimate of drug-likeness (QED) is 0.0518. The van der Waals surface area contributed by atoms with Gasteiger partial charge in [0.1, 0.15) is 87.9 Å². The molecule has 3 unspecified atom stereocenters. The Morgan fingerprint density at radius 2 is 0.600 bits per heavy atom. The molecule has 0 bridgehead atoms. The van der Waals surface area contributed by atoms with Crippen molar-refractivity contribution in [3.8, 4) is 28.7 Å². The molecule has 0 spiro atoms. The summed E-state index contributed by atoms with van der Waals surface area (Å²) in [5.74, 6) is 2.46. The highest BCUT2D eigenvalue weighted by Gasteiger charge is 2.39. The summed E-state index contributed by atoms with van der Waals surface area (Å²) in [5, 5.41) is 0. The van der Waals surface area contributed by atoms with Gasteiger partial charge < -0.3 is 91.1 Å². The summed E-state index contributed by atoms with van der Waals surface area (Å²) in [6.45, 7) is 27.6. The highest BCUT2D eigenvalue weighted by Crippen LogP contribution is 2.37. The van der Waals surface area contributed by atoms with Crippen molar-refractivity contribution in [3.63, 3.8) is 0 Å². The first-order valence-electron chi connectivity index (χ1n) is 43.1. The number of hydrogen-bond donors (Lipinski definition) is 5. The number of ether oxygens (including phenoxy) is 8. The minimum atomic E-state index is -3.59. The number of amides is 5. The molecule has 130 heavy (non-hydrogen) atoms. The first-order valence-corrected chi connectivity index (χ1v) is 51.2. The zero-order valence-electron chi connectivity index (χ0n) is 75.1. The molecular formula is C87H119N15O23S5. The molecule has 5 fully saturated rings. The summed E-state index contributed by atoms with van der Waals surface area (Å²) in [6.07, 6.45) is 6.93. The van der Waals surface area contributed by atoms with E-state index in [0.717, 1.165) is 64.5 Å². The van der Waals surface area contributed by atoms with E-state index >= 15 is 0 Å². The molecular weight excluding hydrogens is 1780 g/mol.